The van der Waals surface area contributed by atoms with E-state index in [4.69, 9.17) is 10.8 Å². The summed E-state index contributed by atoms with van der Waals surface area (Å²) in [5, 5.41) is 36.3. The minimum absolute atomic E-state index is 0.0886. The molecule has 1 aromatic heterocycles. The summed E-state index contributed by atoms with van der Waals surface area (Å²) in [6.07, 6.45) is 2.96. The monoisotopic (exact) mass is 489 g/mol. The molecule has 0 fully saturated rings. The van der Waals surface area contributed by atoms with Crippen LogP contribution in [0.2, 0.25) is 0 Å². The van der Waals surface area contributed by atoms with Gasteiger partial charge < -0.3 is 47.3 Å². The smallest absolute Gasteiger partial charge is 0.327 e. The number of aliphatic carboxylic acids is 1. The normalized spacial score (nSPS) is 14.3. The van der Waals surface area contributed by atoms with E-state index in [1.54, 1.807) is 0 Å². The third-order valence-corrected chi connectivity index (χ3v) is 4.57. The number of H-pyrrole nitrogens is 1. The molecule has 0 aliphatic heterocycles. The number of nitrogens with two attached hydrogens (primary N) is 1. The van der Waals surface area contributed by atoms with Crippen molar-refractivity contribution < 1.29 is 39.3 Å². The molecule has 0 radical (unpaired) electrons. The number of aliphatic hydroxyl groups is 2. The molecule has 0 aliphatic carbocycles. The van der Waals surface area contributed by atoms with Crippen molar-refractivity contribution in [2.45, 2.75) is 30.6 Å². The highest BCUT2D eigenvalue weighted by Gasteiger charge is 2.28. The van der Waals surface area contributed by atoms with Gasteiger partial charge in [-0.1, -0.05) is 0 Å². The van der Waals surface area contributed by atoms with Crippen LogP contribution in [0.1, 0.15) is 5.69 Å². The molecule has 184 valence electrons. The fraction of sp³-hybridized carbons (Fsp3) is 0.529. The Labute approximate surface area is 193 Å². The molecule has 15 nitrogen and oxygen atoms in total. The Bertz CT molecular complexity index is 822. The van der Waals surface area contributed by atoms with Gasteiger partial charge in [0.25, 0.3) is 0 Å². The van der Waals surface area contributed by atoms with Crippen LogP contribution in [-0.4, -0.2) is 105 Å². The van der Waals surface area contributed by atoms with Crippen molar-refractivity contribution in [3.05, 3.63) is 18.2 Å². The van der Waals surface area contributed by atoms with Crippen LogP contribution in [0.3, 0.4) is 0 Å². The van der Waals surface area contributed by atoms with Gasteiger partial charge in [0, 0.05) is 24.1 Å². The topological polar surface area (TPSA) is 249 Å². The molecule has 0 aromatic carbocycles. The van der Waals surface area contributed by atoms with Crippen molar-refractivity contribution >= 4 is 42.2 Å². The van der Waals surface area contributed by atoms with E-state index < -0.39 is 73.5 Å². The zero-order valence-corrected chi connectivity index (χ0v) is 18.2. The summed E-state index contributed by atoms with van der Waals surface area (Å²) in [5.74, 6) is -5.02. The molecule has 1 aromatic rings. The average molecular weight is 490 g/mol. The third-order valence-electron chi connectivity index (χ3n) is 4.20. The standard InChI is InChI=1S/C17H27N7O8S/c18-9(1-8-2-19-7-21-8)14(28)23-11(5-26)16(30)24-10(4-25)15(29)20-3-13(27)22-12(6-33)17(31)32/h2,7,9-12,25-26,33H,1,3-6,18H2,(H,19,21)(H,20,29)(H,22,27)(H,23,28)(H,24,30)(H,31,32)/t9-,10-,11-,12-/m0/s1. The van der Waals surface area contributed by atoms with Crippen molar-refractivity contribution in [2.75, 3.05) is 25.5 Å². The summed E-state index contributed by atoms with van der Waals surface area (Å²) in [7, 11) is 0. The number of rotatable bonds is 14. The number of imidazole rings is 1. The van der Waals surface area contributed by atoms with Crippen molar-refractivity contribution in [3.8, 4) is 0 Å². The Balaban J connectivity index is 2.58. The van der Waals surface area contributed by atoms with E-state index >= 15 is 0 Å². The molecular formula is C17H27N7O8S. The average Bonchev–Trinajstić information content (AvgIpc) is 3.29. The first-order chi connectivity index (χ1) is 15.6. The number of aromatic nitrogens is 2. The SMILES string of the molecule is N[C@@H](Cc1cnc[nH]1)C(=O)N[C@@H](CO)C(=O)N[C@@H](CO)C(=O)NCC(=O)N[C@@H](CS)C(=O)O. The van der Waals surface area contributed by atoms with Crippen molar-refractivity contribution in [1.29, 1.82) is 0 Å². The van der Waals surface area contributed by atoms with Crippen LogP contribution in [0.5, 0.6) is 0 Å². The fourth-order valence-electron chi connectivity index (χ4n) is 2.39. The van der Waals surface area contributed by atoms with Gasteiger partial charge in [0.05, 0.1) is 32.1 Å². The Hall–Kier alpha value is -3.21. The molecule has 0 saturated carbocycles. The lowest BCUT2D eigenvalue weighted by Crippen LogP contribution is -2.58. The van der Waals surface area contributed by atoms with E-state index in [1.165, 1.54) is 12.5 Å². The maximum absolute atomic E-state index is 12.3. The molecule has 4 atom stereocenters. The van der Waals surface area contributed by atoms with Crippen LogP contribution in [0.4, 0.5) is 0 Å². The second-order valence-corrected chi connectivity index (χ2v) is 7.10. The van der Waals surface area contributed by atoms with Crippen LogP contribution >= 0.6 is 12.6 Å². The first-order valence-corrected chi connectivity index (χ1v) is 10.2. The minimum Gasteiger partial charge on any atom is -0.480 e. The Morgan fingerprint density at radius 1 is 1.00 bits per heavy atom. The van der Waals surface area contributed by atoms with Gasteiger partial charge in [0.2, 0.25) is 23.6 Å². The molecule has 1 rings (SSSR count). The predicted octanol–water partition coefficient (Wildman–Crippen LogP) is -5.15. The number of amides is 4. The van der Waals surface area contributed by atoms with Gasteiger partial charge in [-0.05, 0) is 0 Å². The lowest BCUT2D eigenvalue weighted by molar-refractivity contribution is -0.141. The Morgan fingerprint density at radius 3 is 2.12 bits per heavy atom. The lowest BCUT2D eigenvalue weighted by atomic mass is 10.1. The second-order valence-electron chi connectivity index (χ2n) is 6.73. The quantitative estimate of drug-likeness (QED) is 0.111. The molecule has 4 amide bonds. The molecule has 16 heteroatoms. The van der Waals surface area contributed by atoms with Gasteiger partial charge >= 0.3 is 5.97 Å². The summed E-state index contributed by atoms with van der Waals surface area (Å²) < 4.78 is 0. The number of carbonyl (C=O) groups is 5. The third kappa shape index (κ3) is 9.44. The van der Waals surface area contributed by atoms with Gasteiger partial charge in [-0.15, -0.1) is 0 Å². The number of nitrogens with zero attached hydrogens (tertiary/aromatic N) is 1. The second kappa shape index (κ2) is 14.0. The zero-order chi connectivity index (χ0) is 25.0. The number of hydrogen-bond donors (Lipinski definition) is 10. The molecule has 10 N–H and O–H groups in total. The number of thiol groups is 1. The summed E-state index contributed by atoms with van der Waals surface area (Å²) >= 11 is 3.78. The number of aromatic amines is 1. The highest BCUT2D eigenvalue weighted by molar-refractivity contribution is 7.80. The summed E-state index contributed by atoms with van der Waals surface area (Å²) in [5.41, 5.74) is 6.34. The maximum atomic E-state index is 12.3. The first kappa shape index (κ1) is 27.8. The van der Waals surface area contributed by atoms with Crippen molar-refractivity contribution in [3.63, 3.8) is 0 Å². The molecular weight excluding hydrogens is 462 g/mol. The van der Waals surface area contributed by atoms with Crippen molar-refractivity contribution in [2.24, 2.45) is 5.73 Å². The summed E-state index contributed by atoms with van der Waals surface area (Å²) in [4.78, 5) is 65.8. The van der Waals surface area contributed by atoms with Crippen LogP contribution in [0.25, 0.3) is 0 Å². The van der Waals surface area contributed by atoms with E-state index in [-0.39, 0.29) is 12.2 Å². The number of carboxylic acids is 1. The molecule has 0 bridgehead atoms. The Morgan fingerprint density at radius 2 is 1.61 bits per heavy atom. The van der Waals surface area contributed by atoms with E-state index in [9.17, 15) is 34.2 Å². The number of hydrogen-bond acceptors (Lipinski definition) is 10. The van der Waals surface area contributed by atoms with Gasteiger partial charge in [-0.25, -0.2) is 9.78 Å². The van der Waals surface area contributed by atoms with Crippen LogP contribution in [0.15, 0.2) is 12.5 Å². The maximum Gasteiger partial charge on any atom is 0.327 e. The minimum atomic E-state index is -1.52. The van der Waals surface area contributed by atoms with E-state index in [1.807, 2.05) is 0 Å². The molecule has 0 unspecified atom stereocenters. The van der Waals surface area contributed by atoms with Gasteiger partial charge in [-0.3, -0.25) is 19.2 Å². The number of carbonyl (C=O) groups excluding carboxylic acids is 4. The molecule has 1 heterocycles. The van der Waals surface area contributed by atoms with Crippen LogP contribution < -0.4 is 27.0 Å². The predicted molar refractivity (Wildman–Crippen MR) is 115 cm³/mol. The number of carboxylic acid groups (broad SMARTS) is 1. The van der Waals surface area contributed by atoms with Gasteiger partial charge in [-0.2, -0.15) is 12.6 Å². The fourth-order valence-corrected chi connectivity index (χ4v) is 2.63. The van der Waals surface area contributed by atoms with Gasteiger partial charge in [0.15, 0.2) is 0 Å². The van der Waals surface area contributed by atoms with Crippen LogP contribution in [-0.2, 0) is 30.4 Å². The first-order valence-electron chi connectivity index (χ1n) is 9.58. The Kier molecular flexibility index (Phi) is 11.8. The number of nitrogens with one attached hydrogen (secondary N) is 5. The van der Waals surface area contributed by atoms with Crippen LogP contribution in [0, 0.1) is 0 Å². The van der Waals surface area contributed by atoms with E-state index in [2.05, 4.69) is 43.9 Å². The van der Waals surface area contributed by atoms with Crippen molar-refractivity contribution in [1.82, 2.24) is 31.2 Å². The zero-order valence-electron chi connectivity index (χ0n) is 17.4. The van der Waals surface area contributed by atoms with E-state index in [0.29, 0.717) is 5.69 Å². The summed E-state index contributed by atoms with van der Waals surface area (Å²) in [6.45, 7) is -2.32. The lowest BCUT2D eigenvalue weighted by Gasteiger charge is -2.22. The van der Waals surface area contributed by atoms with Gasteiger partial charge in [0.1, 0.15) is 18.1 Å². The summed E-state index contributed by atoms with van der Waals surface area (Å²) in [6, 6.07) is -5.31. The molecule has 0 spiro atoms. The highest BCUT2D eigenvalue weighted by Crippen LogP contribution is 1.98. The number of aliphatic hydroxyl groups excluding tert-OH is 2. The molecule has 0 aliphatic rings. The molecule has 0 saturated heterocycles. The highest BCUT2D eigenvalue weighted by atomic mass is 32.1. The molecule has 33 heavy (non-hydrogen) atoms. The largest absolute Gasteiger partial charge is 0.480 e. The van der Waals surface area contributed by atoms with E-state index in [0.717, 1.165) is 0 Å².